The summed E-state index contributed by atoms with van der Waals surface area (Å²) < 4.78 is 0. The van der Waals surface area contributed by atoms with Gasteiger partial charge < -0.3 is 0 Å². The van der Waals surface area contributed by atoms with Crippen molar-refractivity contribution in [3.63, 3.8) is 0 Å². The molecule has 0 spiro atoms. The summed E-state index contributed by atoms with van der Waals surface area (Å²) in [5, 5.41) is 0. The third kappa shape index (κ3) is 19.7. The number of hydrogen-bond donors (Lipinski definition) is 0. The molecule has 0 nitrogen and oxygen atoms in total. The molecule has 0 bridgehead atoms. The van der Waals surface area contributed by atoms with E-state index in [9.17, 15) is 0 Å². The van der Waals surface area contributed by atoms with Crippen molar-refractivity contribution < 1.29 is 29.6 Å². The van der Waals surface area contributed by atoms with Crippen LogP contribution < -0.4 is 29.6 Å². The van der Waals surface area contributed by atoms with Crippen molar-refractivity contribution in [2.75, 3.05) is 0 Å². The molecule has 0 aliphatic heterocycles. The first kappa shape index (κ1) is 15.7. The zero-order valence-electron chi connectivity index (χ0n) is 5.19. The van der Waals surface area contributed by atoms with E-state index in [2.05, 4.69) is 6.92 Å². The topological polar surface area (TPSA) is 0 Å². The van der Waals surface area contributed by atoms with Crippen LogP contribution in [0.2, 0.25) is 0 Å². The van der Waals surface area contributed by atoms with Crippen LogP contribution in [-0.2, 0) is 0 Å². The van der Waals surface area contributed by atoms with E-state index in [1.165, 1.54) is 5.57 Å². The van der Waals surface area contributed by atoms with Gasteiger partial charge in [-0.3, -0.25) is 0 Å². The smallest absolute Gasteiger partial charge is 0.245 e. The fourth-order valence-corrected chi connectivity index (χ4v) is 0. The van der Waals surface area contributed by atoms with E-state index in [1.54, 1.807) is 0 Å². The minimum absolute atomic E-state index is 0. The summed E-state index contributed by atoms with van der Waals surface area (Å²) in [7, 11) is 0. The maximum Gasteiger partial charge on any atom is 1.00 e. The van der Waals surface area contributed by atoms with Crippen molar-refractivity contribution in [3.05, 3.63) is 18.6 Å². The number of allylic oxidation sites excluding steroid dienone is 2. The molecule has 0 N–H and O–H groups in total. The molecule has 0 aliphatic rings. The molecule has 0 atom stereocenters. The number of halogens is 1. The van der Waals surface area contributed by atoms with Crippen LogP contribution in [0.5, 0.6) is 0 Å². The molecule has 0 amide bonds. The summed E-state index contributed by atoms with van der Waals surface area (Å²) in [6.07, 6.45) is 1.83. The van der Waals surface area contributed by atoms with Crippen LogP contribution in [0.1, 0.15) is 13.8 Å². The molecule has 38 valence electrons. The van der Waals surface area contributed by atoms with Gasteiger partial charge in [0, 0.05) is 0 Å². The first-order valence-corrected chi connectivity index (χ1v) is 1.70. The van der Waals surface area contributed by atoms with Crippen LogP contribution in [0.3, 0.4) is 0 Å². The van der Waals surface area contributed by atoms with Gasteiger partial charge in [-0.2, -0.15) is 0 Å². The molecule has 0 radical (unpaired) electrons. The van der Waals surface area contributed by atoms with Crippen molar-refractivity contribution in [1.82, 2.24) is 0 Å². The zero-order chi connectivity index (χ0) is 4.28. The summed E-state index contributed by atoms with van der Waals surface area (Å²) in [4.78, 5) is 0. The molecule has 0 aromatic heterocycles. The average Bonchev–Trinajstić information content (AvgIpc) is 1.38. The van der Waals surface area contributed by atoms with Crippen LogP contribution in [0.15, 0.2) is 11.6 Å². The monoisotopic (exact) mass is 128 g/mol. The average molecular weight is 129 g/mol. The Balaban J connectivity index is -0.0000000800. The van der Waals surface area contributed by atoms with Crippen LogP contribution in [0.4, 0.5) is 0 Å². The molecule has 0 aromatic rings. The number of rotatable bonds is 0. The molecular formula is C5H10ClNa. The Morgan fingerprint density at radius 2 is 1.57 bits per heavy atom. The van der Waals surface area contributed by atoms with Gasteiger partial charge in [0.2, 0.25) is 0 Å². The molecule has 0 unspecified atom stereocenters. The molecule has 0 fully saturated rings. The van der Waals surface area contributed by atoms with Gasteiger partial charge in [0.25, 0.3) is 0 Å². The molecular weight excluding hydrogens is 118 g/mol. The fourth-order valence-electron chi connectivity index (χ4n) is 0. The van der Waals surface area contributed by atoms with Crippen molar-refractivity contribution in [1.29, 1.82) is 0 Å². The van der Waals surface area contributed by atoms with Crippen molar-refractivity contribution in [3.8, 4) is 0 Å². The molecule has 0 heterocycles. The standard InChI is InChI=1S/C5H9.ClH.Na/c1-4-5(2)3;;/h4H,1H2,2-3H3;1H;/q-1;;+1. The molecule has 0 saturated carbocycles. The van der Waals surface area contributed by atoms with Gasteiger partial charge >= 0.3 is 29.6 Å². The van der Waals surface area contributed by atoms with Gasteiger partial charge in [-0.1, -0.05) is 0 Å². The maximum atomic E-state index is 3.52. The quantitative estimate of drug-likeness (QED) is 0.297. The molecule has 0 aromatic carbocycles. The van der Waals surface area contributed by atoms with Crippen LogP contribution in [0, 0.1) is 6.92 Å². The predicted molar refractivity (Wildman–Crippen MR) is 32.0 cm³/mol. The Morgan fingerprint density at radius 3 is 1.57 bits per heavy atom. The van der Waals surface area contributed by atoms with Gasteiger partial charge in [-0.15, -0.1) is 26.3 Å². The molecule has 7 heavy (non-hydrogen) atoms. The van der Waals surface area contributed by atoms with Crippen LogP contribution >= 0.6 is 12.4 Å². The Bertz CT molecular complexity index is 46.0. The van der Waals surface area contributed by atoms with E-state index in [-0.39, 0.29) is 42.0 Å². The van der Waals surface area contributed by atoms with Crippen molar-refractivity contribution >= 4 is 12.4 Å². The third-order valence-electron chi connectivity index (χ3n) is 0.408. The Morgan fingerprint density at radius 1 is 1.43 bits per heavy atom. The minimum Gasteiger partial charge on any atom is -0.245 e. The second-order valence-electron chi connectivity index (χ2n) is 1.28. The Labute approximate surface area is 74.1 Å². The third-order valence-corrected chi connectivity index (χ3v) is 0.408. The van der Waals surface area contributed by atoms with E-state index in [0.29, 0.717) is 0 Å². The SMILES string of the molecule is Cl.[CH2-]C=C(C)C.[Na+]. The first-order chi connectivity index (χ1) is 2.27. The van der Waals surface area contributed by atoms with Crippen LogP contribution in [-0.4, -0.2) is 0 Å². The van der Waals surface area contributed by atoms with Crippen molar-refractivity contribution in [2.45, 2.75) is 13.8 Å². The summed E-state index contributed by atoms with van der Waals surface area (Å²) in [5.41, 5.74) is 1.27. The molecule has 0 rings (SSSR count). The van der Waals surface area contributed by atoms with Crippen LogP contribution in [0.25, 0.3) is 0 Å². The largest absolute Gasteiger partial charge is 1.00 e. The predicted octanol–water partition coefficient (Wildman–Crippen LogP) is -0.788. The Kier molecular flexibility index (Phi) is 22.4. The molecule has 2 heteroatoms. The minimum atomic E-state index is 0. The second kappa shape index (κ2) is 10.0. The first-order valence-electron chi connectivity index (χ1n) is 1.70. The normalized spacial score (nSPS) is 4.86. The summed E-state index contributed by atoms with van der Waals surface area (Å²) in [6, 6.07) is 0. The zero-order valence-corrected chi connectivity index (χ0v) is 8.01. The van der Waals surface area contributed by atoms with Gasteiger partial charge in [0.15, 0.2) is 0 Å². The Hall–Kier alpha value is 0.900. The number of hydrogen-bond acceptors (Lipinski definition) is 0. The van der Waals surface area contributed by atoms with E-state index < -0.39 is 0 Å². The van der Waals surface area contributed by atoms with Gasteiger partial charge in [0.1, 0.15) is 0 Å². The summed E-state index contributed by atoms with van der Waals surface area (Å²) in [5.74, 6) is 0. The summed E-state index contributed by atoms with van der Waals surface area (Å²) in [6.45, 7) is 7.56. The summed E-state index contributed by atoms with van der Waals surface area (Å²) >= 11 is 0. The van der Waals surface area contributed by atoms with E-state index >= 15 is 0 Å². The van der Waals surface area contributed by atoms with Crippen molar-refractivity contribution in [2.24, 2.45) is 0 Å². The fraction of sp³-hybridized carbons (Fsp3) is 0.400. The molecule has 0 saturated heterocycles. The van der Waals surface area contributed by atoms with Gasteiger partial charge in [-0.05, 0) is 0 Å². The van der Waals surface area contributed by atoms with Gasteiger partial charge in [-0.25, -0.2) is 18.6 Å². The van der Waals surface area contributed by atoms with E-state index in [4.69, 9.17) is 0 Å². The maximum absolute atomic E-state index is 3.52. The second-order valence-corrected chi connectivity index (χ2v) is 1.28. The van der Waals surface area contributed by atoms with Gasteiger partial charge in [0.05, 0.1) is 0 Å². The van der Waals surface area contributed by atoms with E-state index in [1.807, 2.05) is 19.9 Å². The van der Waals surface area contributed by atoms with E-state index in [0.717, 1.165) is 0 Å². The molecule has 0 aliphatic carbocycles.